The third-order valence-electron chi connectivity index (χ3n) is 4.33. The molecule has 0 atom stereocenters. The Bertz CT molecular complexity index is 237. The van der Waals surface area contributed by atoms with E-state index in [2.05, 4.69) is 6.92 Å². The minimum absolute atomic E-state index is 0. The van der Waals surface area contributed by atoms with Gasteiger partial charge in [-0.25, -0.2) is 0 Å². The van der Waals surface area contributed by atoms with Crippen LogP contribution in [0, 0.1) is 0 Å². The fourth-order valence-electron chi connectivity index (χ4n) is 3.01. The molecule has 3 N–H and O–H groups in total. The average Bonchev–Trinajstić information content (AvgIpc) is 2.46. The van der Waals surface area contributed by atoms with Crippen molar-refractivity contribution in [1.29, 1.82) is 0 Å². The fraction of sp³-hybridized carbons (Fsp3) is 0.944. The van der Waals surface area contributed by atoms with Gasteiger partial charge in [-0.05, 0) is 32.1 Å². The van der Waals surface area contributed by atoms with Crippen LogP contribution >= 0.6 is 0 Å². The Kier molecular flexibility index (Phi) is 14.0. The van der Waals surface area contributed by atoms with Crippen LogP contribution in [-0.2, 0) is 9.53 Å². The van der Waals surface area contributed by atoms with E-state index < -0.39 is 0 Å². The summed E-state index contributed by atoms with van der Waals surface area (Å²) < 4.78 is 5.52. The second-order valence-corrected chi connectivity index (χ2v) is 6.33. The van der Waals surface area contributed by atoms with Crippen molar-refractivity contribution in [3.05, 3.63) is 0 Å². The molecule has 0 radical (unpaired) electrons. The van der Waals surface area contributed by atoms with Crippen molar-refractivity contribution in [3.8, 4) is 0 Å². The van der Waals surface area contributed by atoms with Crippen LogP contribution in [0.5, 0.6) is 0 Å². The molecule has 0 aromatic rings. The van der Waals surface area contributed by atoms with Gasteiger partial charge in [0.25, 0.3) is 0 Å². The lowest BCUT2D eigenvalue weighted by Gasteiger charge is -2.21. The third kappa shape index (κ3) is 11.7. The second kappa shape index (κ2) is 14.4. The van der Waals surface area contributed by atoms with Gasteiger partial charge < -0.3 is 10.9 Å². The van der Waals surface area contributed by atoms with E-state index in [1.807, 2.05) is 0 Å². The molecule has 0 amide bonds. The molecule has 0 aliphatic heterocycles. The topological polar surface area (TPSA) is 61.3 Å². The lowest BCUT2D eigenvalue weighted by atomic mass is 9.98. The molecule has 0 bridgehead atoms. The van der Waals surface area contributed by atoms with E-state index in [0.717, 1.165) is 19.3 Å². The standard InChI is InChI=1S/C18H34O2.H3N/c1-2-3-4-5-6-7-8-9-13-16-18(19)20-17-14-11-10-12-15-17;/h17H,2-16H2,1H3;1H3. The number of hydrogen-bond acceptors (Lipinski definition) is 3. The maximum Gasteiger partial charge on any atom is 0.306 e. The zero-order valence-corrected chi connectivity index (χ0v) is 14.2. The van der Waals surface area contributed by atoms with Crippen molar-refractivity contribution in [2.45, 2.75) is 109 Å². The van der Waals surface area contributed by atoms with Gasteiger partial charge in [0.15, 0.2) is 0 Å². The largest absolute Gasteiger partial charge is 0.462 e. The van der Waals surface area contributed by atoms with Crippen LogP contribution in [0.3, 0.4) is 0 Å². The van der Waals surface area contributed by atoms with Crippen LogP contribution in [0.4, 0.5) is 0 Å². The van der Waals surface area contributed by atoms with Gasteiger partial charge in [0.2, 0.25) is 0 Å². The summed E-state index contributed by atoms with van der Waals surface area (Å²) in [6, 6.07) is 0. The highest BCUT2D eigenvalue weighted by atomic mass is 16.5. The zero-order chi connectivity index (χ0) is 14.5. The first-order valence-electron chi connectivity index (χ1n) is 9.02. The molecule has 0 unspecified atom stereocenters. The Labute approximate surface area is 131 Å². The van der Waals surface area contributed by atoms with Crippen LogP contribution in [0.15, 0.2) is 0 Å². The third-order valence-corrected chi connectivity index (χ3v) is 4.33. The summed E-state index contributed by atoms with van der Waals surface area (Å²) in [7, 11) is 0. The van der Waals surface area contributed by atoms with Gasteiger partial charge in [0.05, 0.1) is 0 Å². The van der Waals surface area contributed by atoms with Gasteiger partial charge in [0, 0.05) is 6.42 Å². The number of rotatable bonds is 11. The molecule has 0 aromatic carbocycles. The van der Waals surface area contributed by atoms with Crippen LogP contribution in [0.2, 0.25) is 0 Å². The van der Waals surface area contributed by atoms with Gasteiger partial charge >= 0.3 is 5.97 Å². The van der Waals surface area contributed by atoms with Crippen LogP contribution in [0.25, 0.3) is 0 Å². The molecule has 126 valence electrons. The lowest BCUT2D eigenvalue weighted by Crippen LogP contribution is -2.20. The number of unbranched alkanes of at least 4 members (excludes halogenated alkanes) is 8. The Morgan fingerprint density at radius 1 is 0.857 bits per heavy atom. The van der Waals surface area contributed by atoms with Crippen molar-refractivity contribution in [1.82, 2.24) is 6.15 Å². The minimum atomic E-state index is 0. The predicted octanol–water partition coefficient (Wildman–Crippen LogP) is 5.95. The van der Waals surface area contributed by atoms with Crippen LogP contribution in [-0.4, -0.2) is 12.1 Å². The highest BCUT2D eigenvalue weighted by Gasteiger charge is 2.17. The summed E-state index contributed by atoms with van der Waals surface area (Å²) in [5.41, 5.74) is 0. The Hall–Kier alpha value is -0.570. The number of carbonyl (C=O) groups excluding carboxylic acids is 1. The van der Waals surface area contributed by atoms with Gasteiger partial charge in [-0.2, -0.15) is 0 Å². The van der Waals surface area contributed by atoms with Crippen molar-refractivity contribution < 1.29 is 9.53 Å². The number of carbonyl (C=O) groups is 1. The Morgan fingerprint density at radius 3 is 1.95 bits per heavy atom. The Balaban J connectivity index is 0.00000400. The normalized spacial score (nSPS) is 15.5. The molecule has 0 aromatic heterocycles. The summed E-state index contributed by atoms with van der Waals surface area (Å²) in [5, 5.41) is 0. The van der Waals surface area contributed by atoms with E-state index >= 15 is 0 Å². The predicted molar refractivity (Wildman–Crippen MR) is 89.8 cm³/mol. The monoisotopic (exact) mass is 299 g/mol. The van der Waals surface area contributed by atoms with Gasteiger partial charge in [-0.15, -0.1) is 0 Å². The van der Waals surface area contributed by atoms with E-state index in [-0.39, 0.29) is 18.2 Å². The van der Waals surface area contributed by atoms with Crippen LogP contribution in [0.1, 0.15) is 103 Å². The zero-order valence-electron chi connectivity index (χ0n) is 14.2. The van der Waals surface area contributed by atoms with Crippen molar-refractivity contribution >= 4 is 5.97 Å². The van der Waals surface area contributed by atoms with E-state index in [1.54, 1.807) is 0 Å². The molecule has 0 spiro atoms. The highest BCUT2D eigenvalue weighted by Crippen LogP contribution is 2.21. The van der Waals surface area contributed by atoms with Crippen molar-refractivity contribution in [2.24, 2.45) is 0 Å². The van der Waals surface area contributed by atoms with Gasteiger partial charge in [-0.1, -0.05) is 64.7 Å². The van der Waals surface area contributed by atoms with Crippen LogP contribution < -0.4 is 6.15 Å². The number of esters is 1. The summed E-state index contributed by atoms with van der Waals surface area (Å²) in [6.45, 7) is 2.26. The molecule has 21 heavy (non-hydrogen) atoms. The van der Waals surface area contributed by atoms with E-state index in [9.17, 15) is 4.79 Å². The summed E-state index contributed by atoms with van der Waals surface area (Å²) >= 11 is 0. The molecule has 3 heteroatoms. The first-order chi connectivity index (χ1) is 9.83. The maximum atomic E-state index is 11.7. The van der Waals surface area contributed by atoms with Crippen molar-refractivity contribution in [3.63, 3.8) is 0 Å². The molecule has 1 rings (SSSR count). The minimum Gasteiger partial charge on any atom is -0.462 e. The van der Waals surface area contributed by atoms with Gasteiger partial charge in [0.1, 0.15) is 6.10 Å². The molecule has 1 aliphatic rings. The second-order valence-electron chi connectivity index (χ2n) is 6.33. The first-order valence-corrected chi connectivity index (χ1v) is 9.02. The first kappa shape index (κ1) is 20.4. The summed E-state index contributed by atoms with van der Waals surface area (Å²) in [4.78, 5) is 11.7. The molecule has 1 fully saturated rings. The fourth-order valence-corrected chi connectivity index (χ4v) is 3.01. The SMILES string of the molecule is CCCCCCCCCCCC(=O)OC1CCCCC1.N. The lowest BCUT2D eigenvalue weighted by molar-refractivity contribution is -0.150. The maximum absolute atomic E-state index is 11.7. The molecular weight excluding hydrogens is 262 g/mol. The highest BCUT2D eigenvalue weighted by molar-refractivity contribution is 5.69. The molecule has 1 saturated carbocycles. The van der Waals surface area contributed by atoms with Crippen molar-refractivity contribution in [2.75, 3.05) is 0 Å². The van der Waals surface area contributed by atoms with E-state index in [1.165, 1.54) is 70.6 Å². The number of hydrogen-bond donors (Lipinski definition) is 1. The van der Waals surface area contributed by atoms with Gasteiger partial charge in [-0.3, -0.25) is 4.79 Å². The quantitative estimate of drug-likeness (QED) is 0.379. The molecule has 1 aliphatic carbocycles. The summed E-state index contributed by atoms with van der Waals surface area (Å²) in [5.74, 6) is 0.0415. The molecule has 0 saturated heterocycles. The molecule has 0 heterocycles. The van der Waals surface area contributed by atoms with E-state index in [4.69, 9.17) is 4.74 Å². The smallest absolute Gasteiger partial charge is 0.306 e. The molecular formula is C18H37NO2. The van der Waals surface area contributed by atoms with E-state index in [0.29, 0.717) is 6.42 Å². The summed E-state index contributed by atoms with van der Waals surface area (Å²) in [6.07, 6.45) is 18.5. The average molecular weight is 299 g/mol. The number of ether oxygens (including phenoxy) is 1. The Morgan fingerprint density at radius 2 is 1.38 bits per heavy atom. The molecule has 3 nitrogen and oxygen atoms in total.